The number of nitrogens with one attached hydrogen (secondary N) is 1. The van der Waals surface area contributed by atoms with E-state index in [0.717, 1.165) is 18.1 Å². The molecular formula is C14H17NO4. The van der Waals surface area contributed by atoms with E-state index in [2.05, 4.69) is 11.9 Å². The van der Waals surface area contributed by atoms with Gasteiger partial charge in [0.2, 0.25) is 0 Å². The highest BCUT2D eigenvalue weighted by Crippen LogP contribution is 2.18. The van der Waals surface area contributed by atoms with Crippen LogP contribution in [0, 0.1) is 0 Å². The Balaban J connectivity index is 2.35. The molecule has 0 bridgehead atoms. The molecule has 1 aromatic carbocycles. The van der Waals surface area contributed by atoms with Crippen LogP contribution in [0.1, 0.15) is 12.5 Å². The zero-order chi connectivity index (χ0) is 14.1. The summed E-state index contributed by atoms with van der Waals surface area (Å²) in [5, 5.41) is 2.49. The van der Waals surface area contributed by atoms with Gasteiger partial charge in [-0.25, -0.2) is 9.59 Å². The van der Waals surface area contributed by atoms with Gasteiger partial charge in [-0.05, 0) is 18.1 Å². The van der Waals surface area contributed by atoms with Gasteiger partial charge in [-0.1, -0.05) is 31.7 Å². The van der Waals surface area contributed by atoms with Gasteiger partial charge in [-0.15, -0.1) is 0 Å². The molecular weight excluding hydrogens is 246 g/mol. The molecule has 0 aromatic heterocycles. The Labute approximate surface area is 112 Å². The van der Waals surface area contributed by atoms with E-state index in [9.17, 15) is 9.59 Å². The van der Waals surface area contributed by atoms with Gasteiger partial charge in [0.05, 0.1) is 6.54 Å². The number of benzene rings is 1. The number of carbonyl (C=O) groups excluding carboxylic acids is 2. The van der Waals surface area contributed by atoms with Crippen molar-refractivity contribution in [3.8, 4) is 5.75 Å². The van der Waals surface area contributed by atoms with E-state index >= 15 is 0 Å². The molecule has 0 spiro atoms. The first kappa shape index (κ1) is 14.8. The van der Waals surface area contributed by atoms with Crippen LogP contribution in [0.2, 0.25) is 0 Å². The number of ether oxygens (including phenoxy) is 2. The van der Waals surface area contributed by atoms with Crippen molar-refractivity contribution >= 4 is 12.1 Å². The number of amides is 1. The molecule has 5 heteroatoms. The lowest BCUT2D eigenvalue weighted by atomic mass is 10.1. The molecule has 19 heavy (non-hydrogen) atoms. The Morgan fingerprint density at radius 1 is 1.37 bits per heavy atom. The summed E-state index contributed by atoms with van der Waals surface area (Å²) in [6.07, 6.45) is 1.27. The van der Waals surface area contributed by atoms with Crippen LogP contribution in [0.5, 0.6) is 5.75 Å². The lowest BCUT2D eigenvalue weighted by Gasteiger charge is -2.09. The van der Waals surface area contributed by atoms with E-state index in [1.54, 1.807) is 12.1 Å². The summed E-state index contributed by atoms with van der Waals surface area (Å²) in [4.78, 5) is 22.2. The molecule has 0 aliphatic carbocycles. The Kier molecular flexibility index (Phi) is 6.15. The lowest BCUT2D eigenvalue weighted by Crippen LogP contribution is -2.30. The van der Waals surface area contributed by atoms with E-state index in [1.807, 2.05) is 19.1 Å². The molecule has 0 aliphatic rings. The minimum atomic E-state index is -0.574. The molecule has 0 atom stereocenters. The standard InChI is InChI=1S/C14H17NO4/c1-3-11-7-5-6-8-12(11)19-14(17)15-9-10-18-13(16)4-2/h4-8H,2-3,9-10H2,1H3,(H,15,17). The molecule has 0 radical (unpaired) electrons. The van der Waals surface area contributed by atoms with E-state index in [-0.39, 0.29) is 13.2 Å². The van der Waals surface area contributed by atoms with Gasteiger partial charge < -0.3 is 14.8 Å². The van der Waals surface area contributed by atoms with Crippen LogP contribution in [-0.4, -0.2) is 25.2 Å². The second kappa shape index (κ2) is 7.92. The zero-order valence-electron chi connectivity index (χ0n) is 10.8. The first-order chi connectivity index (χ1) is 9.17. The zero-order valence-corrected chi connectivity index (χ0v) is 10.8. The maximum atomic E-state index is 11.5. The monoisotopic (exact) mass is 263 g/mol. The number of hydrogen-bond donors (Lipinski definition) is 1. The summed E-state index contributed by atoms with van der Waals surface area (Å²) >= 11 is 0. The minimum absolute atomic E-state index is 0.0787. The number of esters is 1. The molecule has 0 saturated heterocycles. The second-order valence-corrected chi connectivity index (χ2v) is 3.65. The molecule has 1 N–H and O–H groups in total. The normalized spacial score (nSPS) is 9.53. The molecule has 0 saturated carbocycles. The highest BCUT2D eigenvalue weighted by molar-refractivity contribution is 5.81. The third kappa shape index (κ3) is 5.25. The first-order valence-electron chi connectivity index (χ1n) is 6.00. The smallest absolute Gasteiger partial charge is 0.412 e. The lowest BCUT2D eigenvalue weighted by molar-refractivity contribution is -0.137. The van der Waals surface area contributed by atoms with Crippen LogP contribution >= 0.6 is 0 Å². The quantitative estimate of drug-likeness (QED) is 0.485. The number of para-hydroxylation sites is 1. The fourth-order valence-corrected chi connectivity index (χ4v) is 1.40. The maximum Gasteiger partial charge on any atom is 0.412 e. The topological polar surface area (TPSA) is 64.6 Å². The summed E-state index contributed by atoms with van der Waals surface area (Å²) in [6, 6.07) is 7.32. The Morgan fingerprint density at radius 2 is 2.11 bits per heavy atom. The average Bonchev–Trinajstić information content (AvgIpc) is 2.43. The third-order valence-corrected chi connectivity index (χ3v) is 2.34. The van der Waals surface area contributed by atoms with Crippen LogP contribution in [0.25, 0.3) is 0 Å². The Morgan fingerprint density at radius 3 is 2.79 bits per heavy atom. The largest absolute Gasteiger partial charge is 0.461 e. The van der Waals surface area contributed by atoms with E-state index in [0.29, 0.717) is 5.75 Å². The highest BCUT2D eigenvalue weighted by Gasteiger charge is 2.07. The Bertz CT molecular complexity index is 457. The number of carbonyl (C=O) groups is 2. The molecule has 1 rings (SSSR count). The Hall–Kier alpha value is -2.30. The van der Waals surface area contributed by atoms with Crippen molar-refractivity contribution in [1.82, 2.24) is 5.32 Å². The van der Waals surface area contributed by atoms with Gasteiger partial charge in [0.25, 0.3) is 0 Å². The van der Waals surface area contributed by atoms with Crippen molar-refractivity contribution in [2.75, 3.05) is 13.2 Å². The second-order valence-electron chi connectivity index (χ2n) is 3.65. The van der Waals surface area contributed by atoms with Gasteiger partial charge in [0.15, 0.2) is 0 Å². The van der Waals surface area contributed by atoms with Gasteiger partial charge in [0, 0.05) is 6.08 Å². The third-order valence-electron chi connectivity index (χ3n) is 2.34. The van der Waals surface area contributed by atoms with Crippen LogP contribution in [0.15, 0.2) is 36.9 Å². The first-order valence-corrected chi connectivity index (χ1v) is 6.00. The predicted octanol–water partition coefficient (Wildman–Crippen LogP) is 2.07. The van der Waals surface area contributed by atoms with Crippen LogP contribution in [0.4, 0.5) is 4.79 Å². The summed E-state index contributed by atoms with van der Waals surface area (Å²) in [5.74, 6) is 0.0112. The SMILES string of the molecule is C=CC(=O)OCCNC(=O)Oc1ccccc1CC. The van der Waals surface area contributed by atoms with Crippen molar-refractivity contribution < 1.29 is 19.1 Å². The number of aryl methyl sites for hydroxylation is 1. The van der Waals surface area contributed by atoms with Crippen molar-refractivity contribution in [1.29, 1.82) is 0 Å². The van der Waals surface area contributed by atoms with Crippen LogP contribution in [-0.2, 0) is 16.0 Å². The van der Waals surface area contributed by atoms with Crippen LogP contribution in [0.3, 0.4) is 0 Å². The average molecular weight is 263 g/mol. The summed E-state index contributed by atoms with van der Waals surface area (Å²) in [6.45, 7) is 5.51. The molecule has 1 amide bonds. The fourth-order valence-electron chi connectivity index (χ4n) is 1.40. The number of rotatable bonds is 6. The number of hydrogen-bond acceptors (Lipinski definition) is 4. The van der Waals surface area contributed by atoms with Gasteiger partial charge in [-0.3, -0.25) is 0 Å². The molecule has 1 aromatic rings. The van der Waals surface area contributed by atoms with E-state index in [4.69, 9.17) is 9.47 Å². The summed E-state index contributed by atoms with van der Waals surface area (Å²) in [7, 11) is 0. The van der Waals surface area contributed by atoms with Gasteiger partial charge in [0.1, 0.15) is 12.4 Å². The van der Waals surface area contributed by atoms with E-state index in [1.165, 1.54) is 0 Å². The highest BCUT2D eigenvalue weighted by atomic mass is 16.6. The van der Waals surface area contributed by atoms with Gasteiger partial charge in [-0.2, -0.15) is 0 Å². The predicted molar refractivity (Wildman–Crippen MR) is 71.0 cm³/mol. The van der Waals surface area contributed by atoms with Crippen molar-refractivity contribution in [3.05, 3.63) is 42.5 Å². The van der Waals surface area contributed by atoms with Crippen molar-refractivity contribution in [3.63, 3.8) is 0 Å². The van der Waals surface area contributed by atoms with E-state index < -0.39 is 12.1 Å². The fraction of sp³-hybridized carbons (Fsp3) is 0.286. The molecule has 0 fully saturated rings. The maximum absolute atomic E-state index is 11.5. The molecule has 0 heterocycles. The molecule has 0 unspecified atom stereocenters. The van der Waals surface area contributed by atoms with Crippen LogP contribution < -0.4 is 10.1 Å². The van der Waals surface area contributed by atoms with Gasteiger partial charge >= 0.3 is 12.1 Å². The van der Waals surface area contributed by atoms with Crippen molar-refractivity contribution in [2.45, 2.75) is 13.3 Å². The molecule has 102 valence electrons. The molecule has 5 nitrogen and oxygen atoms in total. The summed E-state index contributed by atoms with van der Waals surface area (Å²) < 4.78 is 9.87. The molecule has 0 aliphatic heterocycles. The minimum Gasteiger partial charge on any atom is -0.461 e. The van der Waals surface area contributed by atoms with Crippen molar-refractivity contribution in [2.24, 2.45) is 0 Å². The summed E-state index contributed by atoms with van der Waals surface area (Å²) in [5.41, 5.74) is 0.954.